The van der Waals surface area contributed by atoms with Gasteiger partial charge in [-0.15, -0.1) is 11.3 Å². The number of anilines is 1. The second kappa shape index (κ2) is 11.0. The van der Waals surface area contributed by atoms with Gasteiger partial charge in [-0.1, -0.05) is 32.9 Å². The van der Waals surface area contributed by atoms with Crippen molar-refractivity contribution < 1.29 is 23.9 Å². The monoisotopic (exact) mass is 555 g/mol. The fourth-order valence-corrected chi connectivity index (χ4v) is 6.30. The summed E-state index contributed by atoms with van der Waals surface area (Å²) in [5.74, 6) is -0.792. The number of likely N-dealkylation sites (N-methyl/N-ethyl adjacent to an activating group) is 1. The number of thiazole rings is 1. The summed E-state index contributed by atoms with van der Waals surface area (Å²) in [6.45, 7) is 9.86. The minimum Gasteiger partial charge on any atom is -0.377 e. The third-order valence-corrected chi connectivity index (χ3v) is 8.72. The van der Waals surface area contributed by atoms with Crippen molar-refractivity contribution in [2.75, 3.05) is 58.4 Å². The third-order valence-electron chi connectivity index (χ3n) is 7.82. The van der Waals surface area contributed by atoms with Crippen molar-refractivity contribution in [1.29, 1.82) is 0 Å². The van der Waals surface area contributed by atoms with Crippen molar-refractivity contribution >= 4 is 34.1 Å². The molecule has 3 aliphatic heterocycles. The summed E-state index contributed by atoms with van der Waals surface area (Å²) in [5, 5.41) is 5.99. The molecule has 10 nitrogen and oxygen atoms in total. The summed E-state index contributed by atoms with van der Waals surface area (Å²) in [6.07, 6.45) is -0.852. The summed E-state index contributed by atoms with van der Waals surface area (Å²) >= 11 is 1.63. The first kappa shape index (κ1) is 27.7. The molecule has 1 aromatic carbocycles. The molecule has 2 aromatic rings. The molecule has 3 saturated heterocycles. The van der Waals surface area contributed by atoms with Gasteiger partial charge in [0.2, 0.25) is 5.91 Å². The fourth-order valence-electron chi connectivity index (χ4n) is 5.41. The number of rotatable bonds is 6. The highest BCUT2D eigenvalue weighted by atomic mass is 32.1. The lowest BCUT2D eigenvalue weighted by Crippen LogP contribution is -2.57. The van der Waals surface area contributed by atoms with Gasteiger partial charge in [0.05, 0.1) is 12.2 Å². The predicted molar refractivity (Wildman–Crippen MR) is 149 cm³/mol. The average Bonchev–Trinajstić information content (AvgIpc) is 3.64. The Hall–Kier alpha value is -2.86. The standard InChI is InChI=1S/C28H37N5O5S/c1-28(2,3)24(26(36)33-14-21(37-5)23-22(33)20(34)15-38-23)30-25(35)18-8-6-17(7-9-18)19-16-39-27(29-19)32-12-10-31(4)11-13-32/h6-9,16,21-24H,10-15H2,1-5H3,(H,30,35)/t21-,22-,23-,24-/m1/s1. The van der Waals surface area contributed by atoms with E-state index in [1.165, 1.54) is 4.90 Å². The van der Waals surface area contributed by atoms with Crippen molar-refractivity contribution in [1.82, 2.24) is 20.1 Å². The molecule has 0 radical (unpaired) electrons. The highest BCUT2D eigenvalue weighted by Gasteiger charge is 2.54. The minimum atomic E-state index is -0.834. The summed E-state index contributed by atoms with van der Waals surface area (Å²) in [5.41, 5.74) is 1.67. The van der Waals surface area contributed by atoms with Crippen molar-refractivity contribution in [3.8, 4) is 11.3 Å². The normalized spacial score (nSPS) is 24.6. The van der Waals surface area contributed by atoms with E-state index in [1.807, 2.05) is 38.3 Å². The first-order chi connectivity index (χ1) is 18.6. The number of nitrogens with zero attached hydrogens (tertiary/aromatic N) is 4. The molecule has 210 valence electrons. The summed E-state index contributed by atoms with van der Waals surface area (Å²) in [6, 6.07) is 5.76. The van der Waals surface area contributed by atoms with Crippen LogP contribution in [0.2, 0.25) is 0 Å². The zero-order valence-corrected chi connectivity index (χ0v) is 24.0. The van der Waals surface area contributed by atoms with E-state index in [-0.39, 0.29) is 36.9 Å². The quantitative estimate of drug-likeness (QED) is 0.577. The lowest BCUT2D eigenvalue weighted by molar-refractivity contribution is -0.140. The number of benzene rings is 1. The number of aromatic nitrogens is 1. The first-order valence-corrected chi connectivity index (χ1v) is 14.2. The van der Waals surface area contributed by atoms with Crippen LogP contribution in [0.4, 0.5) is 5.13 Å². The Kier molecular flexibility index (Phi) is 7.78. The molecular formula is C28H37N5O5S. The Bertz CT molecular complexity index is 1220. The van der Waals surface area contributed by atoms with Gasteiger partial charge in [-0.2, -0.15) is 0 Å². The van der Waals surface area contributed by atoms with Gasteiger partial charge in [-0.3, -0.25) is 14.4 Å². The van der Waals surface area contributed by atoms with Crippen molar-refractivity contribution in [2.45, 2.75) is 45.1 Å². The number of carbonyl (C=O) groups excluding carboxylic acids is 3. The largest absolute Gasteiger partial charge is 0.377 e. The summed E-state index contributed by atoms with van der Waals surface area (Å²) < 4.78 is 11.1. The number of ether oxygens (including phenoxy) is 2. The minimum absolute atomic E-state index is 0.0340. The van der Waals surface area contributed by atoms with Gasteiger partial charge in [-0.25, -0.2) is 4.98 Å². The number of hydrogen-bond donors (Lipinski definition) is 1. The van der Waals surface area contributed by atoms with Crippen LogP contribution in [0.15, 0.2) is 29.6 Å². The molecule has 0 saturated carbocycles. The molecule has 11 heteroatoms. The molecule has 4 atom stereocenters. The Morgan fingerprint density at radius 1 is 1.15 bits per heavy atom. The van der Waals surface area contributed by atoms with E-state index in [9.17, 15) is 14.4 Å². The van der Waals surface area contributed by atoms with Crippen molar-refractivity contribution in [3.63, 3.8) is 0 Å². The number of nitrogens with one attached hydrogen (secondary N) is 1. The van der Waals surface area contributed by atoms with E-state index < -0.39 is 23.6 Å². The maximum absolute atomic E-state index is 13.7. The fraction of sp³-hybridized carbons (Fsp3) is 0.571. The zero-order valence-electron chi connectivity index (χ0n) is 23.2. The molecule has 1 N–H and O–H groups in total. The number of likely N-dealkylation sites (tertiary alicyclic amines) is 1. The number of Topliss-reactive ketones (excluding diaryl/α,β-unsaturated/α-hetero) is 1. The van der Waals surface area contributed by atoms with Gasteiger partial charge >= 0.3 is 0 Å². The number of ketones is 1. The second-order valence-corrected chi connectivity index (χ2v) is 12.4. The number of amides is 2. The molecule has 2 amide bonds. The highest BCUT2D eigenvalue weighted by Crippen LogP contribution is 2.32. The third kappa shape index (κ3) is 5.58. The van der Waals surface area contributed by atoms with E-state index >= 15 is 0 Å². The lowest BCUT2D eigenvalue weighted by atomic mass is 9.85. The molecule has 1 aromatic heterocycles. The van der Waals surface area contributed by atoms with Crippen molar-refractivity contribution in [2.24, 2.45) is 5.41 Å². The van der Waals surface area contributed by atoms with Crippen LogP contribution < -0.4 is 10.2 Å². The Morgan fingerprint density at radius 2 is 1.85 bits per heavy atom. The molecule has 0 aliphatic carbocycles. The van der Waals surface area contributed by atoms with E-state index in [0.29, 0.717) is 5.56 Å². The van der Waals surface area contributed by atoms with Gasteiger partial charge in [0.1, 0.15) is 30.9 Å². The molecule has 0 unspecified atom stereocenters. The summed E-state index contributed by atoms with van der Waals surface area (Å²) in [4.78, 5) is 50.5. The number of fused-ring (bicyclic) bond motifs is 1. The van der Waals surface area contributed by atoms with Crippen LogP contribution in [0.3, 0.4) is 0 Å². The zero-order chi connectivity index (χ0) is 27.9. The van der Waals surface area contributed by atoms with Crippen LogP contribution >= 0.6 is 11.3 Å². The van der Waals surface area contributed by atoms with Crippen LogP contribution in [0.25, 0.3) is 11.3 Å². The molecule has 0 bridgehead atoms. The Labute approximate surface area is 233 Å². The Morgan fingerprint density at radius 3 is 2.49 bits per heavy atom. The molecule has 39 heavy (non-hydrogen) atoms. The highest BCUT2D eigenvalue weighted by molar-refractivity contribution is 7.14. The predicted octanol–water partition coefficient (Wildman–Crippen LogP) is 1.90. The van der Waals surface area contributed by atoms with E-state index in [0.717, 1.165) is 42.6 Å². The smallest absolute Gasteiger partial charge is 0.251 e. The maximum Gasteiger partial charge on any atom is 0.251 e. The van der Waals surface area contributed by atoms with E-state index in [4.69, 9.17) is 14.5 Å². The molecule has 3 aliphatic rings. The summed E-state index contributed by atoms with van der Waals surface area (Å²) in [7, 11) is 3.68. The number of hydrogen-bond acceptors (Lipinski definition) is 9. The maximum atomic E-state index is 13.7. The van der Waals surface area contributed by atoms with Crippen LogP contribution in [0.5, 0.6) is 0 Å². The molecule has 4 heterocycles. The van der Waals surface area contributed by atoms with E-state index in [1.54, 1.807) is 30.6 Å². The number of methoxy groups -OCH3 is 1. The molecular weight excluding hydrogens is 518 g/mol. The van der Waals surface area contributed by atoms with Crippen LogP contribution in [0, 0.1) is 5.41 Å². The van der Waals surface area contributed by atoms with Crippen LogP contribution in [0.1, 0.15) is 31.1 Å². The second-order valence-electron chi connectivity index (χ2n) is 11.6. The van der Waals surface area contributed by atoms with Gasteiger partial charge in [0.25, 0.3) is 5.91 Å². The number of carbonyl (C=O) groups is 3. The molecule has 0 spiro atoms. The SMILES string of the molecule is CO[C@@H]1CN(C(=O)[C@@H](NC(=O)c2ccc(-c3csc(N4CCN(C)CC4)n3)cc2)C(C)(C)C)[C@@H]2C(=O)CO[C@@H]21. The van der Waals surface area contributed by atoms with Crippen molar-refractivity contribution in [3.05, 3.63) is 35.2 Å². The van der Waals surface area contributed by atoms with Gasteiger partial charge < -0.3 is 29.5 Å². The van der Waals surface area contributed by atoms with Gasteiger partial charge in [-0.05, 0) is 24.6 Å². The van der Waals surface area contributed by atoms with Gasteiger partial charge in [0.15, 0.2) is 10.9 Å². The topological polar surface area (TPSA) is 104 Å². The van der Waals surface area contributed by atoms with E-state index in [2.05, 4.69) is 22.2 Å². The lowest BCUT2D eigenvalue weighted by Gasteiger charge is -2.34. The van der Waals surface area contributed by atoms with Gasteiger partial charge in [0, 0.05) is 49.8 Å². The average molecular weight is 556 g/mol. The molecule has 5 rings (SSSR count). The first-order valence-electron chi connectivity index (χ1n) is 13.3. The van der Waals surface area contributed by atoms with Crippen LogP contribution in [-0.4, -0.2) is 110 Å². The van der Waals surface area contributed by atoms with Crippen LogP contribution in [-0.2, 0) is 19.1 Å². The number of piperazine rings is 1. The molecule has 3 fully saturated rings. The Balaban J connectivity index is 1.28.